The summed E-state index contributed by atoms with van der Waals surface area (Å²) in [4.78, 5) is 0. The molecule has 1 N–H and O–H groups in total. The van der Waals surface area contributed by atoms with Crippen molar-refractivity contribution in [3.05, 3.63) is 40.6 Å². The summed E-state index contributed by atoms with van der Waals surface area (Å²) in [5.74, 6) is 0.773. The first-order valence-electron chi connectivity index (χ1n) is 8.00. The zero-order chi connectivity index (χ0) is 16.7. The molecule has 2 aromatic rings. The van der Waals surface area contributed by atoms with Gasteiger partial charge in [0.25, 0.3) is 0 Å². The number of aromatic nitrogens is 2. The first-order chi connectivity index (χ1) is 10.1. The van der Waals surface area contributed by atoms with E-state index in [2.05, 4.69) is 60.6 Å². The van der Waals surface area contributed by atoms with E-state index in [0.717, 1.165) is 23.4 Å². The van der Waals surface area contributed by atoms with Crippen LogP contribution in [0, 0.1) is 19.8 Å². The maximum Gasteiger partial charge on any atom is 0.218 e. The second-order valence-electron chi connectivity index (χ2n) is 7.67. The fourth-order valence-electron chi connectivity index (χ4n) is 2.79. The zero-order valence-electron chi connectivity index (χ0n) is 14.9. The van der Waals surface area contributed by atoms with Crippen LogP contribution in [0.1, 0.15) is 57.0 Å². The van der Waals surface area contributed by atoms with Gasteiger partial charge < -0.3 is 5.11 Å². The van der Waals surface area contributed by atoms with E-state index < -0.39 is 0 Å². The van der Waals surface area contributed by atoms with Crippen molar-refractivity contribution in [2.75, 3.05) is 0 Å². The van der Waals surface area contributed by atoms with Gasteiger partial charge in [0.1, 0.15) is 0 Å². The number of aromatic hydroxyl groups is 1. The predicted octanol–water partition coefficient (Wildman–Crippen LogP) is 4.69. The van der Waals surface area contributed by atoms with Crippen LogP contribution >= 0.6 is 0 Å². The maximum absolute atomic E-state index is 10.8. The second-order valence-corrected chi connectivity index (χ2v) is 7.67. The van der Waals surface area contributed by atoms with Gasteiger partial charge in [-0.05, 0) is 54.9 Å². The molecule has 120 valence electrons. The molecule has 2 rings (SSSR count). The number of hydrogen-bond donors (Lipinski definition) is 1. The molecule has 1 aromatic carbocycles. The van der Waals surface area contributed by atoms with Gasteiger partial charge in [-0.2, -0.15) is 5.10 Å². The highest BCUT2D eigenvalue weighted by molar-refractivity contribution is 5.46. The Bertz CT molecular complexity index is 675. The van der Waals surface area contributed by atoms with Crippen LogP contribution in [-0.2, 0) is 11.8 Å². The average molecular weight is 300 g/mol. The van der Waals surface area contributed by atoms with Gasteiger partial charge in [-0.3, -0.25) is 0 Å². The van der Waals surface area contributed by atoms with Crippen molar-refractivity contribution < 1.29 is 5.11 Å². The molecule has 3 heteroatoms. The highest BCUT2D eigenvalue weighted by Gasteiger charge is 2.28. The molecule has 0 spiro atoms. The number of aryl methyl sites for hydroxylation is 2. The fraction of sp³-hybridized carbons (Fsp3) is 0.526. The molecule has 1 heterocycles. The summed E-state index contributed by atoms with van der Waals surface area (Å²) in [7, 11) is 0. The zero-order valence-corrected chi connectivity index (χ0v) is 14.9. The topological polar surface area (TPSA) is 38.0 Å². The van der Waals surface area contributed by atoms with Crippen LogP contribution < -0.4 is 0 Å². The second kappa shape index (κ2) is 5.79. The molecular formula is C19H28N2O. The Kier molecular flexibility index (Phi) is 4.37. The first kappa shape index (κ1) is 16.6. The van der Waals surface area contributed by atoms with Gasteiger partial charge in [-0.15, -0.1) is 0 Å². The third-order valence-electron chi connectivity index (χ3n) is 4.02. The molecule has 0 saturated carbocycles. The third kappa shape index (κ3) is 3.18. The smallest absolute Gasteiger partial charge is 0.218 e. The summed E-state index contributed by atoms with van der Waals surface area (Å²) in [5.41, 5.74) is 5.19. The normalized spacial score (nSPS) is 12.2. The Morgan fingerprint density at radius 3 is 2.27 bits per heavy atom. The molecule has 0 fully saturated rings. The Hall–Kier alpha value is -1.77. The molecule has 0 unspecified atom stereocenters. The molecule has 0 bridgehead atoms. The lowest BCUT2D eigenvalue weighted by molar-refractivity contribution is 0.413. The lowest BCUT2D eigenvalue weighted by Crippen LogP contribution is -2.14. The fourth-order valence-corrected chi connectivity index (χ4v) is 2.79. The van der Waals surface area contributed by atoms with Crippen molar-refractivity contribution in [1.29, 1.82) is 0 Å². The first-order valence-corrected chi connectivity index (χ1v) is 8.00. The van der Waals surface area contributed by atoms with Gasteiger partial charge in [0.15, 0.2) is 0 Å². The van der Waals surface area contributed by atoms with Crippen molar-refractivity contribution in [2.24, 2.45) is 5.92 Å². The molecule has 0 aliphatic heterocycles. The van der Waals surface area contributed by atoms with E-state index in [-0.39, 0.29) is 11.3 Å². The molecule has 22 heavy (non-hydrogen) atoms. The van der Waals surface area contributed by atoms with Crippen LogP contribution in [-0.4, -0.2) is 14.9 Å². The summed E-state index contributed by atoms with van der Waals surface area (Å²) in [5, 5.41) is 15.5. The standard InChI is InChI=1S/C19H28N2O/c1-12(2)10-16-17(19(5,6)7)18(22)21(20-16)15-9-8-13(3)14(4)11-15/h8-9,11-12,22H,10H2,1-7H3. The molecule has 0 saturated heterocycles. The molecular weight excluding hydrogens is 272 g/mol. The predicted molar refractivity (Wildman–Crippen MR) is 91.9 cm³/mol. The summed E-state index contributed by atoms with van der Waals surface area (Å²) >= 11 is 0. The number of hydrogen-bond acceptors (Lipinski definition) is 2. The summed E-state index contributed by atoms with van der Waals surface area (Å²) in [6, 6.07) is 6.17. The minimum absolute atomic E-state index is 0.133. The van der Waals surface area contributed by atoms with E-state index in [9.17, 15) is 5.11 Å². The number of benzene rings is 1. The van der Waals surface area contributed by atoms with Gasteiger partial charge in [-0.25, -0.2) is 4.68 Å². The lowest BCUT2D eigenvalue weighted by Gasteiger charge is -2.19. The summed E-state index contributed by atoms with van der Waals surface area (Å²) in [6.45, 7) is 14.9. The van der Waals surface area contributed by atoms with E-state index in [1.165, 1.54) is 11.1 Å². The summed E-state index contributed by atoms with van der Waals surface area (Å²) in [6.07, 6.45) is 0.873. The van der Waals surface area contributed by atoms with Crippen molar-refractivity contribution in [3.8, 4) is 11.6 Å². The Morgan fingerprint density at radius 1 is 1.14 bits per heavy atom. The number of nitrogens with zero attached hydrogens (tertiary/aromatic N) is 2. The lowest BCUT2D eigenvalue weighted by atomic mass is 9.85. The van der Waals surface area contributed by atoms with E-state index in [4.69, 9.17) is 5.10 Å². The van der Waals surface area contributed by atoms with E-state index in [1.807, 2.05) is 6.07 Å². The van der Waals surface area contributed by atoms with Gasteiger partial charge in [-0.1, -0.05) is 40.7 Å². The Morgan fingerprint density at radius 2 is 1.77 bits per heavy atom. The van der Waals surface area contributed by atoms with Crippen molar-refractivity contribution in [2.45, 2.75) is 60.3 Å². The molecule has 3 nitrogen and oxygen atoms in total. The van der Waals surface area contributed by atoms with Crippen LogP contribution in [0.25, 0.3) is 5.69 Å². The largest absolute Gasteiger partial charge is 0.493 e. The van der Waals surface area contributed by atoms with Crippen molar-refractivity contribution in [1.82, 2.24) is 9.78 Å². The highest BCUT2D eigenvalue weighted by Crippen LogP contribution is 2.36. The minimum Gasteiger partial charge on any atom is -0.493 e. The molecule has 0 atom stereocenters. The van der Waals surface area contributed by atoms with Gasteiger partial charge >= 0.3 is 0 Å². The van der Waals surface area contributed by atoms with E-state index >= 15 is 0 Å². The van der Waals surface area contributed by atoms with E-state index in [0.29, 0.717) is 5.92 Å². The molecule has 0 amide bonds. The Balaban J connectivity index is 2.62. The van der Waals surface area contributed by atoms with Crippen LogP contribution in [0.15, 0.2) is 18.2 Å². The van der Waals surface area contributed by atoms with Crippen LogP contribution in [0.5, 0.6) is 5.88 Å². The quantitative estimate of drug-likeness (QED) is 0.893. The Labute approximate surface area is 134 Å². The van der Waals surface area contributed by atoms with Gasteiger partial charge in [0, 0.05) is 5.56 Å². The van der Waals surface area contributed by atoms with Gasteiger partial charge in [0.2, 0.25) is 5.88 Å². The average Bonchev–Trinajstić information content (AvgIpc) is 2.68. The third-order valence-corrected chi connectivity index (χ3v) is 4.02. The van der Waals surface area contributed by atoms with E-state index in [1.54, 1.807) is 4.68 Å². The monoisotopic (exact) mass is 300 g/mol. The molecule has 0 aliphatic carbocycles. The van der Waals surface area contributed by atoms with Crippen LogP contribution in [0.3, 0.4) is 0 Å². The summed E-state index contributed by atoms with van der Waals surface area (Å²) < 4.78 is 1.69. The van der Waals surface area contributed by atoms with Crippen molar-refractivity contribution in [3.63, 3.8) is 0 Å². The van der Waals surface area contributed by atoms with Crippen molar-refractivity contribution >= 4 is 0 Å². The molecule has 0 aliphatic rings. The minimum atomic E-state index is -0.133. The number of rotatable bonds is 3. The molecule has 0 radical (unpaired) electrons. The molecule has 1 aromatic heterocycles. The SMILES string of the molecule is Cc1ccc(-n2nc(CC(C)C)c(C(C)(C)C)c2O)cc1C. The highest BCUT2D eigenvalue weighted by atomic mass is 16.3. The van der Waals surface area contributed by atoms with Gasteiger partial charge in [0.05, 0.1) is 11.4 Å². The maximum atomic E-state index is 10.8. The van der Waals surface area contributed by atoms with Crippen LogP contribution in [0.2, 0.25) is 0 Å². The van der Waals surface area contributed by atoms with Crippen LogP contribution in [0.4, 0.5) is 0 Å².